The van der Waals surface area contributed by atoms with Gasteiger partial charge in [-0.05, 0) is 37.5 Å². The summed E-state index contributed by atoms with van der Waals surface area (Å²) >= 11 is 0. The van der Waals surface area contributed by atoms with Gasteiger partial charge in [-0.3, -0.25) is 9.79 Å². The number of para-hydroxylation sites is 2. The molecular weight excluding hydrogens is 368 g/mol. The van der Waals surface area contributed by atoms with Crippen LogP contribution in [0.5, 0.6) is 17.2 Å². The summed E-state index contributed by atoms with van der Waals surface area (Å²) in [5, 5.41) is 3.58. The van der Waals surface area contributed by atoms with E-state index in [4.69, 9.17) is 19.2 Å². The fourth-order valence-electron chi connectivity index (χ4n) is 4.62. The average Bonchev–Trinajstić information content (AvgIpc) is 2.87. The van der Waals surface area contributed by atoms with Gasteiger partial charge in [0.1, 0.15) is 5.78 Å². The summed E-state index contributed by atoms with van der Waals surface area (Å²) < 4.78 is 16.6. The van der Waals surface area contributed by atoms with E-state index < -0.39 is 0 Å². The van der Waals surface area contributed by atoms with Gasteiger partial charge in [0.05, 0.1) is 38.6 Å². The van der Waals surface area contributed by atoms with Crippen molar-refractivity contribution in [2.24, 2.45) is 10.9 Å². The van der Waals surface area contributed by atoms with Gasteiger partial charge in [0.2, 0.25) is 5.75 Å². The maximum absolute atomic E-state index is 13.2. The minimum absolute atomic E-state index is 0.0177. The Kier molecular flexibility index (Phi) is 5.18. The van der Waals surface area contributed by atoms with Crippen molar-refractivity contribution < 1.29 is 19.0 Å². The molecule has 2 aromatic rings. The molecule has 1 fully saturated rings. The molecule has 0 aromatic heterocycles. The third-order valence-corrected chi connectivity index (χ3v) is 5.90. The number of aliphatic imine (C=N–C) groups is 1. The van der Waals surface area contributed by atoms with Crippen molar-refractivity contribution in [2.45, 2.75) is 31.7 Å². The number of Topliss-reactive ketones (excluding diaryl/α,β-unsaturated/α-hetero) is 1. The highest BCUT2D eigenvalue weighted by Crippen LogP contribution is 2.47. The van der Waals surface area contributed by atoms with E-state index in [0.717, 1.165) is 29.1 Å². The van der Waals surface area contributed by atoms with Crippen molar-refractivity contribution in [1.82, 2.24) is 0 Å². The molecule has 0 spiro atoms. The number of carbonyl (C=O) groups is 1. The van der Waals surface area contributed by atoms with Crippen molar-refractivity contribution >= 4 is 22.9 Å². The third kappa shape index (κ3) is 3.33. The van der Waals surface area contributed by atoms with Gasteiger partial charge in [0.25, 0.3) is 0 Å². The Labute approximate surface area is 170 Å². The Morgan fingerprint density at radius 1 is 1.00 bits per heavy atom. The molecule has 29 heavy (non-hydrogen) atoms. The molecule has 4 rings (SSSR count). The fourth-order valence-corrected chi connectivity index (χ4v) is 4.62. The van der Waals surface area contributed by atoms with Crippen LogP contribution < -0.4 is 19.5 Å². The summed E-state index contributed by atoms with van der Waals surface area (Å²) in [6.45, 7) is 1.96. The minimum atomic E-state index is -0.218. The third-order valence-electron chi connectivity index (χ3n) is 5.90. The predicted molar refractivity (Wildman–Crippen MR) is 113 cm³/mol. The zero-order valence-electron chi connectivity index (χ0n) is 17.2. The van der Waals surface area contributed by atoms with Gasteiger partial charge >= 0.3 is 0 Å². The topological polar surface area (TPSA) is 69.2 Å². The monoisotopic (exact) mass is 394 g/mol. The highest BCUT2D eigenvalue weighted by molar-refractivity contribution is 6.08. The van der Waals surface area contributed by atoms with E-state index in [-0.39, 0.29) is 23.7 Å². The van der Waals surface area contributed by atoms with Crippen LogP contribution in [-0.4, -0.2) is 38.9 Å². The highest BCUT2D eigenvalue weighted by atomic mass is 16.5. The number of ketones is 1. The van der Waals surface area contributed by atoms with E-state index in [0.29, 0.717) is 23.7 Å². The summed E-state index contributed by atoms with van der Waals surface area (Å²) in [5.41, 5.74) is 3.68. The number of benzene rings is 2. The summed E-state index contributed by atoms with van der Waals surface area (Å²) in [4.78, 5) is 17.9. The maximum Gasteiger partial charge on any atom is 0.203 e. The molecule has 0 unspecified atom stereocenters. The van der Waals surface area contributed by atoms with Crippen LogP contribution in [0.4, 0.5) is 11.4 Å². The van der Waals surface area contributed by atoms with Gasteiger partial charge in [-0.1, -0.05) is 18.2 Å². The van der Waals surface area contributed by atoms with E-state index in [1.54, 1.807) is 21.3 Å². The standard InChI is InChI=1S/C23H26N2O4/c1-13-21-18(25-17-8-6-5-7-16(17)24-13)11-14(12-19(21)26)15-9-10-20(27-2)23(29-4)22(15)28-3/h5-10,14,18,21,25H,11-12H2,1-4H3/t14-,18-,21-/m0/s1. The molecule has 2 aliphatic rings. The van der Waals surface area contributed by atoms with Crippen LogP contribution in [-0.2, 0) is 4.79 Å². The molecule has 0 amide bonds. The molecule has 6 heteroatoms. The van der Waals surface area contributed by atoms with Gasteiger partial charge < -0.3 is 19.5 Å². The van der Waals surface area contributed by atoms with E-state index in [2.05, 4.69) is 5.32 Å². The lowest BCUT2D eigenvalue weighted by Gasteiger charge is -2.36. The number of anilines is 1. The van der Waals surface area contributed by atoms with Crippen molar-refractivity contribution in [1.29, 1.82) is 0 Å². The van der Waals surface area contributed by atoms with E-state index in [9.17, 15) is 4.79 Å². The van der Waals surface area contributed by atoms with Gasteiger partial charge in [-0.2, -0.15) is 0 Å². The fraction of sp³-hybridized carbons (Fsp3) is 0.391. The largest absolute Gasteiger partial charge is 0.493 e. The molecule has 1 aliphatic heterocycles. The lowest BCUT2D eigenvalue weighted by atomic mass is 9.73. The number of nitrogens with zero attached hydrogens (tertiary/aromatic N) is 1. The molecule has 3 atom stereocenters. The molecule has 6 nitrogen and oxygen atoms in total. The Morgan fingerprint density at radius 2 is 1.76 bits per heavy atom. The Morgan fingerprint density at radius 3 is 2.48 bits per heavy atom. The van der Waals surface area contributed by atoms with Crippen LogP contribution in [0.15, 0.2) is 41.4 Å². The smallest absolute Gasteiger partial charge is 0.203 e. The average molecular weight is 394 g/mol. The minimum Gasteiger partial charge on any atom is -0.493 e. The van der Waals surface area contributed by atoms with Crippen LogP contribution in [0, 0.1) is 5.92 Å². The normalized spacial score (nSPS) is 23.1. The summed E-state index contributed by atoms with van der Waals surface area (Å²) in [7, 11) is 4.81. The van der Waals surface area contributed by atoms with Crippen LogP contribution in [0.1, 0.15) is 31.2 Å². The lowest BCUT2D eigenvalue weighted by molar-refractivity contribution is -0.123. The van der Waals surface area contributed by atoms with Crippen LogP contribution in [0.25, 0.3) is 0 Å². The highest BCUT2D eigenvalue weighted by Gasteiger charge is 2.41. The second kappa shape index (κ2) is 7.78. The van der Waals surface area contributed by atoms with Crippen molar-refractivity contribution in [3.8, 4) is 17.2 Å². The summed E-state index contributed by atoms with van der Waals surface area (Å²) in [6, 6.07) is 11.8. The van der Waals surface area contributed by atoms with Gasteiger partial charge in [-0.15, -0.1) is 0 Å². The van der Waals surface area contributed by atoms with E-state index in [1.807, 2.05) is 43.3 Å². The molecule has 2 aromatic carbocycles. The first kappa shape index (κ1) is 19.3. The first-order valence-electron chi connectivity index (χ1n) is 9.79. The predicted octanol–water partition coefficient (Wildman–Crippen LogP) is 4.36. The van der Waals surface area contributed by atoms with E-state index in [1.165, 1.54) is 0 Å². The van der Waals surface area contributed by atoms with Gasteiger partial charge in [-0.25, -0.2) is 0 Å². The Hall–Kier alpha value is -3.02. The molecular formula is C23H26N2O4. The van der Waals surface area contributed by atoms with Crippen LogP contribution in [0.2, 0.25) is 0 Å². The summed E-state index contributed by atoms with van der Waals surface area (Å²) in [6.07, 6.45) is 1.24. The molecule has 152 valence electrons. The van der Waals surface area contributed by atoms with Crippen molar-refractivity contribution in [3.63, 3.8) is 0 Å². The van der Waals surface area contributed by atoms with E-state index >= 15 is 0 Å². The SMILES string of the molecule is COc1ccc([C@@H]2CC(=O)[C@H]3C(C)=Nc4ccccc4N[C@H]3C2)c(OC)c1OC. The number of ether oxygens (including phenoxy) is 3. The molecule has 0 radical (unpaired) electrons. The zero-order chi connectivity index (χ0) is 20.5. The van der Waals surface area contributed by atoms with Gasteiger partial charge in [0.15, 0.2) is 11.5 Å². The van der Waals surface area contributed by atoms with Crippen LogP contribution in [0.3, 0.4) is 0 Å². The quantitative estimate of drug-likeness (QED) is 0.834. The Balaban J connectivity index is 1.72. The molecule has 0 saturated heterocycles. The molecule has 0 bridgehead atoms. The number of fused-ring (bicyclic) bond motifs is 2. The number of carbonyl (C=O) groups excluding carboxylic acids is 1. The number of hydrogen-bond acceptors (Lipinski definition) is 6. The maximum atomic E-state index is 13.2. The molecule has 1 N–H and O–H groups in total. The summed E-state index contributed by atoms with van der Waals surface area (Å²) in [5.74, 6) is 1.79. The number of rotatable bonds is 4. The molecule has 1 heterocycles. The van der Waals surface area contributed by atoms with Crippen molar-refractivity contribution in [3.05, 3.63) is 42.0 Å². The van der Waals surface area contributed by atoms with Gasteiger partial charge in [0, 0.05) is 23.7 Å². The lowest BCUT2D eigenvalue weighted by Crippen LogP contribution is -2.43. The Bertz CT molecular complexity index is 969. The van der Waals surface area contributed by atoms with Crippen molar-refractivity contribution in [2.75, 3.05) is 26.6 Å². The molecule has 1 aliphatic carbocycles. The second-order valence-electron chi connectivity index (χ2n) is 7.53. The number of hydrogen-bond donors (Lipinski definition) is 1. The number of nitrogens with one attached hydrogen (secondary N) is 1. The first-order valence-corrected chi connectivity index (χ1v) is 9.79. The first-order chi connectivity index (χ1) is 14.1. The zero-order valence-corrected chi connectivity index (χ0v) is 17.2. The van der Waals surface area contributed by atoms with Crippen LogP contribution >= 0.6 is 0 Å². The molecule has 1 saturated carbocycles. The second-order valence-corrected chi connectivity index (χ2v) is 7.53. The number of methoxy groups -OCH3 is 3.